The maximum atomic E-state index is 12.9. The molecule has 0 heterocycles. The van der Waals surface area contributed by atoms with Crippen LogP contribution < -0.4 is 5.43 Å². The highest BCUT2D eigenvalue weighted by atomic mass is 16.6. The molecule has 0 aromatic heterocycles. The average Bonchev–Trinajstić information content (AvgIpc) is 2.62. The predicted molar refractivity (Wildman–Crippen MR) is 105 cm³/mol. The first-order chi connectivity index (χ1) is 12.9. The molecule has 0 aromatic carbocycles. The fourth-order valence-corrected chi connectivity index (χ4v) is 4.60. The van der Waals surface area contributed by atoms with Crippen LogP contribution >= 0.6 is 0 Å². The van der Waals surface area contributed by atoms with Gasteiger partial charge >= 0.3 is 12.2 Å². The normalized spacial score (nSPS) is 19.4. The highest BCUT2D eigenvalue weighted by Gasteiger charge is 2.40. The van der Waals surface area contributed by atoms with Crippen LogP contribution in [-0.2, 0) is 9.47 Å². The lowest BCUT2D eigenvalue weighted by atomic mass is 9.73. The van der Waals surface area contributed by atoms with Crippen molar-refractivity contribution in [1.29, 1.82) is 0 Å². The Balaban J connectivity index is 2.24. The van der Waals surface area contributed by atoms with Crippen LogP contribution in [0.1, 0.15) is 91.9 Å². The summed E-state index contributed by atoms with van der Waals surface area (Å²) in [6.45, 7) is 7.27. The van der Waals surface area contributed by atoms with Crippen molar-refractivity contribution in [3.05, 3.63) is 0 Å². The van der Waals surface area contributed by atoms with E-state index < -0.39 is 12.2 Å². The van der Waals surface area contributed by atoms with Crippen LogP contribution in [0.5, 0.6) is 0 Å². The first kappa shape index (κ1) is 21.8. The van der Waals surface area contributed by atoms with Crippen molar-refractivity contribution < 1.29 is 19.1 Å². The van der Waals surface area contributed by atoms with Crippen LogP contribution in [0.4, 0.5) is 9.59 Å². The molecule has 6 nitrogen and oxygen atoms in total. The van der Waals surface area contributed by atoms with Crippen LogP contribution in [0.25, 0.3) is 0 Å². The molecule has 0 radical (unpaired) electrons. The summed E-state index contributed by atoms with van der Waals surface area (Å²) in [7, 11) is 0. The molecule has 2 fully saturated rings. The highest BCUT2D eigenvalue weighted by Crippen LogP contribution is 2.38. The monoisotopic (exact) mass is 382 g/mol. The number of hydrogen-bond acceptors (Lipinski definition) is 4. The lowest BCUT2D eigenvalue weighted by Crippen LogP contribution is -2.58. The zero-order valence-corrected chi connectivity index (χ0v) is 17.5. The number of amides is 2. The number of hydrogen-bond donors (Lipinski definition) is 1. The van der Waals surface area contributed by atoms with Gasteiger partial charge in [-0.05, 0) is 65.2 Å². The molecular weight excluding hydrogens is 344 g/mol. The van der Waals surface area contributed by atoms with E-state index in [2.05, 4.69) is 5.43 Å². The number of nitrogens with one attached hydrogen (secondary N) is 1. The molecule has 156 valence electrons. The lowest BCUT2D eigenvalue weighted by Gasteiger charge is -2.43. The lowest BCUT2D eigenvalue weighted by molar-refractivity contribution is -0.00703. The third kappa shape index (κ3) is 6.89. The Morgan fingerprint density at radius 1 is 0.778 bits per heavy atom. The molecule has 2 amide bonds. The Hall–Kier alpha value is -1.46. The Morgan fingerprint density at radius 3 is 1.63 bits per heavy atom. The van der Waals surface area contributed by atoms with E-state index in [1.165, 1.54) is 43.5 Å². The van der Waals surface area contributed by atoms with Crippen molar-refractivity contribution in [2.75, 3.05) is 0 Å². The fraction of sp³-hybridized carbons (Fsp3) is 0.905. The highest BCUT2D eigenvalue weighted by molar-refractivity contribution is 5.74. The molecule has 2 aliphatic rings. The standard InChI is InChI=1S/C21H38N2O4/c1-15(2)26-20(24)22-23(21(25)27-16(3)4)19(17-11-7-5-8-12-17)18-13-9-6-10-14-18/h15-19H,5-14H2,1-4H3,(H,22,24). The van der Waals surface area contributed by atoms with Gasteiger partial charge < -0.3 is 9.47 Å². The molecule has 0 spiro atoms. The van der Waals surface area contributed by atoms with E-state index in [0.29, 0.717) is 11.8 Å². The number of rotatable bonds is 5. The number of hydrazine groups is 1. The van der Waals surface area contributed by atoms with Crippen molar-refractivity contribution in [2.24, 2.45) is 11.8 Å². The second-order valence-electron chi connectivity index (χ2n) is 8.66. The molecule has 2 rings (SSSR count). The zero-order valence-electron chi connectivity index (χ0n) is 17.5. The van der Waals surface area contributed by atoms with E-state index in [9.17, 15) is 9.59 Å². The van der Waals surface area contributed by atoms with Crippen LogP contribution in [0.2, 0.25) is 0 Å². The van der Waals surface area contributed by atoms with Gasteiger partial charge in [-0.1, -0.05) is 38.5 Å². The molecular formula is C21H38N2O4. The fourth-order valence-electron chi connectivity index (χ4n) is 4.60. The quantitative estimate of drug-likeness (QED) is 0.645. The predicted octanol–water partition coefficient (Wildman–Crippen LogP) is 5.41. The number of nitrogens with zero attached hydrogens (tertiary/aromatic N) is 1. The van der Waals surface area contributed by atoms with Gasteiger partial charge in [0.25, 0.3) is 0 Å². The van der Waals surface area contributed by atoms with E-state index >= 15 is 0 Å². The van der Waals surface area contributed by atoms with Gasteiger partial charge in [0.15, 0.2) is 0 Å². The van der Waals surface area contributed by atoms with Crippen molar-refractivity contribution >= 4 is 12.2 Å². The van der Waals surface area contributed by atoms with Gasteiger partial charge in [0.05, 0.1) is 18.2 Å². The van der Waals surface area contributed by atoms with Gasteiger partial charge in [-0.25, -0.2) is 20.0 Å². The Bertz CT molecular complexity index is 451. The molecule has 6 heteroatoms. The molecule has 0 bridgehead atoms. The maximum absolute atomic E-state index is 12.9. The maximum Gasteiger partial charge on any atom is 0.429 e. The van der Waals surface area contributed by atoms with E-state index in [4.69, 9.17) is 9.47 Å². The Labute approximate surface area is 164 Å². The molecule has 0 saturated heterocycles. The Kier molecular flexibility index (Phi) is 8.71. The molecule has 0 aliphatic heterocycles. The molecule has 27 heavy (non-hydrogen) atoms. The van der Waals surface area contributed by atoms with Crippen LogP contribution in [-0.4, -0.2) is 35.4 Å². The smallest absolute Gasteiger partial charge is 0.429 e. The second-order valence-corrected chi connectivity index (χ2v) is 8.66. The van der Waals surface area contributed by atoms with Crippen molar-refractivity contribution in [3.63, 3.8) is 0 Å². The first-order valence-corrected chi connectivity index (χ1v) is 10.9. The summed E-state index contributed by atoms with van der Waals surface area (Å²) in [5.74, 6) is 0.807. The van der Waals surface area contributed by atoms with Gasteiger partial charge in [-0.3, -0.25) is 0 Å². The summed E-state index contributed by atoms with van der Waals surface area (Å²) in [5, 5.41) is 1.48. The van der Waals surface area contributed by atoms with Crippen LogP contribution in [0.3, 0.4) is 0 Å². The largest absolute Gasteiger partial charge is 0.446 e. The van der Waals surface area contributed by atoms with E-state index in [1.807, 2.05) is 13.8 Å². The van der Waals surface area contributed by atoms with Crippen LogP contribution in [0.15, 0.2) is 0 Å². The molecule has 2 aliphatic carbocycles. The third-order valence-electron chi connectivity index (χ3n) is 5.65. The van der Waals surface area contributed by atoms with Crippen LogP contribution in [0, 0.1) is 11.8 Å². The van der Waals surface area contributed by atoms with Crippen molar-refractivity contribution in [1.82, 2.24) is 10.4 Å². The van der Waals surface area contributed by atoms with E-state index in [-0.39, 0.29) is 18.2 Å². The van der Waals surface area contributed by atoms with Gasteiger partial charge in [0.1, 0.15) is 0 Å². The first-order valence-electron chi connectivity index (χ1n) is 10.9. The summed E-state index contributed by atoms with van der Waals surface area (Å²) in [6.07, 6.45) is 10.2. The minimum Gasteiger partial charge on any atom is -0.446 e. The van der Waals surface area contributed by atoms with Crippen molar-refractivity contribution in [3.8, 4) is 0 Å². The molecule has 0 unspecified atom stereocenters. The van der Waals surface area contributed by atoms with Gasteiger partial charge in [-0.2, -0.15) is 0 Å². The summed E-state index contributed by atoms with van der Waals surface area (Å²) in [4.78, 5) is 25.3. The zero-order chi connectivity index (χ0) is 19.8. The summed E-state index contributed by atoms with van der Waals surface area (Å²) in [6, 6.07) is -0.0171. The minimum absolute atomic E-state index is 0.0171. The van der Waals surface area contributed by atoms with E-state index in [0.717, 1.165) is 25.7 Å². The molecule has 2 saturated carbocycles. The number of carbonyl (C=O) groups excluding carboxylic acids is 2. The second kappa shape index (κ2) is 10.8. The van der Waals surface area contributed by atoms with Gasteiger partial charge in [0, 0.05) is 0 Å². The third-order valence-corrected chi connectivity index (χ3v) is 5.65. The SMILES string of the molecule is CC(C)OC(=O)NN(C(=O)OC(C)C)C(C1CCCCC1)C1CCCCC1. The topological polar surface area (TPSA) is 67.9 Å². The minimum atomic E-state index is -0.581. The average molecular weight is 383 g/mol. The summed E-state index contributed by atoms with van der Waals surface area (Å²) < 4.78 is 10.8. The molecule has 0 atom stereocenters. The van der Waals surface area contributed by atoms with Gasteiger partial charge in [0.2, 0.25) is 0 Å². The number of carbonyl (C=O) groups is 2. The summed E-state index contributed by atoms with van der Waals surface area (Å²) in [5.41, 5.74) is 2.75. The molecule has 0 aromatic rings. The Morgan fingerprint density at radius 2 is 1.22 bits per heavy atom. The van der Waals surface area contributed by atoms with E-state index in [1.54, 1.807) is 13.8 Å². The molecule has 1 N–H and O–H groups in total. The van der Waals surface area contributed by atoms with Crippen molar-refractivity contribution in [2.45, 2.75) is 110 Å². The summed E-state index contributed by atoms with van der Waals surface area (Å²) >= 11 is 0. The van der Waals surface area contributed by atoms with Gasteiger partial charge in [-0.15, -0.1) is 0 Å². The number of ether oxygens (including phenoxy) is 2.